The number of nitrogens with one attached hydrogen (secondary N) is 1. The molecule has 8 nitrogen and oxygen atoms in total. The van der Waals surface area contributed by atoms with Crippen molar-refractivity contribution in [1.29, 1.82) is 0 Å². The summed E-state index contributed by atoms with van der Waals surface area (Å²) in [7, 11) is -3.69. The molecule has 0 spiro atoms. The van der Waals surface area contributed by atoms with E-state index in [4.69, 9.17) is 11.6 Å². The summed E-state index contributed by atoms with van der Waals surface area (Å²) >= 11 is 7.10. The summed E-state index contributed by atoms with van der Waals surface area (Å²) in [6.45, 7) is 3.28. The minimum atomic E-state index is -3.69. The largest absolute Gasteiger partial charge is 0.323 e. The normalized spacial score (nSPS) is 17.1. The molecule has 1 aliphatic rings. The molecule has 158 valence electrons. The van der Waals surface area contributed by atoms with Gasteiger partial charge >= 0.3 is 0 Å². The Balaban J connectivity index is 1.42. The number of aromatic nitrogens is 2. The van der Waals surface area contributed by atoms with Gasteiger partial charge in [-0.1, -0.05) is 29.8 Å². The fraction of sp³-hybridized carbons (Fsp3) is 0.316. The van der Waals surface area contributed by atoms with Crippen LogP contribution in [0.1, 0.15) is 6.92 Å². The lowest BCUT2D eigenvalue weighted by atomic mass is 10.2. The number of fused-ring (bicyclic) bond motifs is 1. The van der Waals surface area contributed by atoms with E-state index in [2.05, 4.69) is 14.1 Å². The first-order valence-corrected chi connectivity index (χ1v) is 11.9. The van der Waals surface area contributed by atoms with Crippen molar-refractivity contribution >= 4 is 56.0 Å². The lowest BCUT2D eigenvalue weighted by Gasteiger charge is -2.36. The number of piperazine rings is 1. The van der Waals surface area contributed by atoms with Crippen LogP contribution in [0.15, 0.2) is 47.4 Å². The number of carbonyl (C=O) groups excluding carboxylic acids is 1. The number of rotatable bonds is 5. The van der Waals surface area contributed by atoms with Gasteiger partial charge in [0.15, 0.2) is 0 Å². The molecule has 1 saturated heterocycles. The molecule has 3 aromatic rings. The average Bonchev–Trinajstić information content (AvgIpc) is 3.23. The number of hydrogen-bond acceptors (Lipinski definition) is 7. The van der Waals surface area contributed by atoms with E-state index < -0.39 is 16.1 Å². The van der Waals surface area contributed by atoms with Crippen molar-refractivity contribution in [2.75, 3.05) is 31.5 Å². The predicted molar refractivity (Wildman–Crippen MR) is 117 cm³/mol. The van der Waals surface area contributed by atoms with Crippen molar-refractivity contribution < 1.29 is 13.2 Å². The molecule has 2 aromatic carbocycles. The molecule has 1 atom stereocenters. The van der Waals surface area contributed by atoms with Crippen LogP contribution in [0, 0.1) is 0 Å². The third-order valence-corrected chi connectivity index (χ3v) is 8.00. The Labute approximate surface area is 183 Å². The summed E-state index contributed by atoms with van der Waals surface area (Å²) in [5.74, 6) is -0.183. The van der Waals surface area contributed by atoms with Gasteiger partial charge in [0.2, 0.25) is 15.9 Å². The number of carbonyl (C=O) groups is 1. The number of hydrogen-bond donors (Lipinski definition) is 1. The van der Waals surface area contributed by atoms with Crippen molar-refractivity contribution in [2.45, 2.75) is 17.9 Å². The number of anilines is 1. The molecule has 1 amide bonds. The molecular weight excluding hydrogens is 446 g/mol. The van der Waals surface area contributed by atoms with Crippen LogP contribution in [0.4, 0.5) is 5.69 Å². The van der Waals surface area contributed by atoms with E-state index in [1.165, 1.54) is 4.31 Å². The van der Waals surface area contributed by atoms with Crippen LogP contribution < -0.4 is 5.32 Å². The van der Waals surface area contributed by atoms with E-state index in [1.54, 1.807) is 49.4 Å². The Kier molecular flexibility index (Phi) is 6.03. The number of nitrogens with zero attached hydrogens (tertiary/aromatic N) is 4. The molecule has 1 unspecified atom stereocenters. The fourth-order valence-electron chi connectivity index (χ4n) is 3.43. The first-order valence-electron chi connectivity index (χ1n) is 9.39. The average molecular weight is 466 g/mol. The predicted octanol–water partition coefficient (Wildman–Crippen LogP) is 2.68. The third kappa shape index (κ3) is 4.06. The van der Waals surface area contributed by atoms with Gasteiger partial charge in [0.25, 0.3) is 0 Å². The molecule has 2 heterocycles. The molecule has 0 bridgehead atoms. The maximum absolute atomic E-state index is 13.1. The summed E-state index contributed by atoms with van der Waals surface area (Å²) in [4.78, 5) is 14.8. The lowest BCUT2D eigenvalue weighted by molar-refractivity contribution is -0.121. The molecule has 1 fully saturated rings. The number of halogens is 1. The number of amides is 1. The monoisotopic (exact) mass is 465 g/mol. The second kappa shape index (κ2) is 8.56. The van der Waals surface area contributed by atoms with Crippen LogP contribution >= 0.6 is 23.3 Å². The van der Waals surface area contributed by atoms with E-state index in [9.17, 15) is 13.2 Å². The van der Waals surface area contributed by atoms with Crippen molar-refractivity contribution in [3.05, 3.63) is 47.5 Å². The van der Waals surface area contributed by atoms with E-state index in [-0.39, 0.29) is 10.8 Å². The van der Waals surface area contributed by atoms with Gasteiger partial charge < -0.3 is 5.32 Å². The highest BCUT2D eigenvalue weighted by molar-refractivity contribution is 7.89. The van der Waals surface area contributed by atoms with Gasteiger partial charge in [0.1, 0.15) is 15.9 Å². The highest BCUT2D eigenvalue weighted by Crippen LogP contribution is 2.26. The Bertz CT molecular complexity index is 1180. The molecule has 1 N–H and O–H groups in total. The van der Waals surface area contributed by atoms with Crippen LogP contribution in [0.25, 0.3) is 11.0 Å². The van der Waals surface area contributed by atoms with Gasteiger partial charge in [-0.2, -0.15) is 13.1 Å². The summed E-state index contributed by atoms with van der Waals surface area (Å²) < 4.78 is 36.0. The standard InChI is InChI=1S/C19H20ClN5O3S2/c1-13(19(26)21-15-6-3-2-5-14(15)20)24-9-11-25(12-10-24)30(27,28)17-8-4-7-16-18(17)23-29-22-16/h2-8,13H,9-12H2,1H3,(H,21,26). The van der Waals surface area contributed by atoms with E-state index in [0.717, 1.165) is 11.7 Å². The maximum atomic E-state index is 13.1. The SMILES string of the molecule is CC(C(=O)Nc1ccccc1Cl)N1CCN(S(=O)(=O)c2cccc3nsnc23)CC1. The zero-order valence-corrected chi connectivity index (χ0v) is 18.5. The third-order valence-electron chi connectivity index (χ3n) is 5.20. The molecule has 4 rings (SSSR count). The Morgan fingerprint density at radius 1 is 1.10 bits per heavy atom. The second-order valence-electron chi connectivity index (χ2n) is 6.97. The van der Waals surface area contributed by atoms with E-state index in [0.29, 0.717) is 47.9 Å². The van der Waals surface area contributed by atoms with Crippen molar-refractivity contribution in [3.8, 4) is 0 Å². The van der Waals surface area contributed by atoms with Gasteiger partial charge in [-0.3, -0.25) is 9.69 Å². The first kappa shape index (κ1) is 21.1. The van der Waals surface area contributed by atoms with Gasteiger partial charge in [0, 0.05) is 26.2 Å². The molecule has 11 heteroatoms. The van der Waals surface area contributed by atoms with Crippen LogP contribution in [0.2, 0.25) is 5.02 Å². The summed E-state index contributed by atoms with van der Waals surface area (Å²) in [6.07, 6.45) is 0. The Morgan fingerprint density at radius 2 is 1.83 bits per heavy atom. The zero-order valence-electron chi connectivity index (χ0n) is 16.2. The van der Waals surface area contributed by atoms with E-state index in [1.807, 2.05) is 4.90 Å². The minimum absolute atomic E-state index is 0.173. The second-order valence-corrected chi connectivity index (χ2v) is 9.82. The summed E-state index contributed by atoms with van der Waals surface area (Å²) in [5.41, 5.74) is 1.53. The molecule has 30 heavy (non-hydrogen) atoms. The molecule has 1 aliphatic heterocycles. The van der Waals surface area contributed by atoms with Crippen molar-refractivity contribution in [3.63, 3.8) is 0 Å². The van der Waals surface area contributed by atoms with Gasteiger partial charge in [-0.25, -0.2) is 8.42 Å². The number of benzene rings is 2. The Morgan fingerprint density at radius 3 is 2.57 bits per heavy atom. The highest BCUT2D eigenvalue weighted by atomic mass is 35.5. The molecule has 0 aliphatic carbocycles. The smallest absolute Gasteiger partial charge is 0.245 e. The zero-order chi connectivity index (χ0) is 21.3. The fourth-order valence-corrected chi connectivity index (χ4v) is 5.78. The highest BCUT2D eigenvalue weighted by Gasteiger charge is 2.33. The van der Waals surface area contributed by atoms with Crippen molar-refractivity contribution in [2.24, 2.45) is 0 Å². The van der Waals surface area contributed by atoms with Crippen LogP contribution in [0.3, 0.4) is 0 Å². The van der Waals surface area contributed by atoms with Crippen molar-refractivity contribution in [1.82, 2.24) is 18.0 Å². The van der Waals surface area contributed by atoms with Gasteiger partial charge in [-0.05, 0) is 31.2 Å². The summed E-state index contributed by atoms with van der Waals surface area (Å²) in [6, 6.07) is 11.6. The quantitative estimate of drug-likeness (QED) is 0.622. The topological polar surface area (TPSA) is 95.5 Å². The van der Waals surface area contributed by atoms with Gasteiger partial charge in [-0.15, -0.1) is 0 Å². The van der Waals surface area contributed by atoms with E-state index >= 15 is 0 Å². The Hall–Kier alpha value is -2.11. The molecule has 0 saturated carbocycles. The summed E-state index contributed by atoms with van der Waals surface area (Å²) in [5, 5.41) is 3.31. The first-order chi connectivity index (χ1) is 14.4. The molecular formula is C19H20ClN5O3S2. The van der Waals surface area contributed by atoms with Gasteiger partial charge in [0.05, 0.1) is 28.5 Å². The van der Waals surface area contributed by atoms with Crippen LogP contribution in [-0.2, 0) is 14.8 Å². The lowest BCUT2D eigenvalue weighted by Crippen LogP contribution is -2.53. The molecule has 1 aromatic heterocycles. The number of para-hydroxylation sites is 1. The van der Waals surface area contributed by atoms with Crippen LogP contribution in [0.5, 0.6) is 0 Å². The minimum Gasteiger partial charge on any atom is -0.323 e. The van der Waals surface area contributed by atoms with Crippen LogP contribution in [-0.4, -0.2) is 64.5 Å². The maximum Gasteiger partial charge on any atom is 0.245 e. The molecule has 0 radical (unpaired) electrons. The number of sulfonamides is 1.